The Hall–Kier alpha value is -0.260. The molecule has 13 heavy (non-hydrogen) atoms. The number of hydrogen-bond donors (Lipinski definition) is 2. The van der Waals surface area contributed by atoms with Crippen LogP contribution >= 0.6 is 11.8 Å². The number of carboxylic acid groups (broad SMARTS) is 1. The van der Waals surface area contributed by atoms with E-state index in [1.807, 2.05) is 0 Å². The van der Waals surface area contributed by atoms with E-state index in [1.165, 1.54) is 0 Å². The van der Waals surface area contributed by atoms with Crippen LogP contribution < -0.4 is 5.73 Å². The van der Waals surface area contributed by atoms with Crippen LogP contribution in [0.4, 0.5) is 0 Å². The standard InChI is InChI=1S/C8H15NO3S/c9-7(8(10)11)5-13-6-2-1-3-12-4-6/h6-7H,1-5,9H2,(H,10,11). The Balaban J connectivity index is 2.13. The molecule has 1 rings (SSSR count). The highest BCUT2D eigenvalue weighted by atomic mass is 32.2. The van der Waals surface area contributed by atoms with Gasteiger partial charge in [0.15, 0.2) is 0 Å². The van der Waals surface area contributed by atoms with Crippen molar-refractivity contribution in [1.82, 2.24) is 0 Å². The van der Waals surface area contributed by atoms with Gasteiger partial charge in [-0.3, -0.25) is 4.79 Å². The van der Waals surface area contributed by atoms with E-state index in [4.69, 9.17) is 15.6 Å². The molecular weight excluding hydrogens is 190 g/mol. The SMILES string of the molecule is NC(CSC1CCCOC1)C(=O)O. The minimum atomic E-state index is -0.927. The first-order valence-corrected chi connectivity index (χ1v) is 5.42. The smallest absolute Gasteiger partial charge is 0.321 e. The summed E-state index contributed by atoms with van der Waals surface area (Å²) in [5.74, 6) is -0.451. The van der Waals surface area contributed by atoms with Crippen LogP contribution in [0.5, 0.6) is 0 Å². The molecule has 0 aromatic rings. The number of thioether (sulfide) groups is 1. The van der Waals surface area contributed by atoms with Crippen molar-refractivity contribution in [2.45, 2.75) is 24.1 Å². The molecule has 0 amide bonds. The molecule has 1 saturated heterocycles. The number of aliphatic carboxylic acids is 1. The van der Waals surface area contributed by atoms with Gasteiger partial charge in [-0.05, 0) is 12.8 Å². The molecule has 0 aromatic heterocycles. The van der Waals surface area contributed by atoms with Crippen LogP contribution in [-0.2, 0) is 9.53 Å². The van der Waals surface area contributed by atoms with Gasteiger partial charge in [-0.15, -0.1) is 0 Å². The van der Waals surface area contributed by atoms with Gasteiger partial charge in [0.05, 0.1) is 6.61 Å². The fourth-order valence-electron chi connectivity index (χ4n) is 1.15. The van der Waals surface area contributed by atoms with Crippen molar-refractivity contribution in [2.24, 2.45) is 5.73 Å². The molecule has 4 nitrogen and oxygen atoms in total. The lowest BCUT2D eigenvalue weighted by Crippen LogP contribution is -2.34. The molecule has 1 aliphatic rings. The molecular formula is C8H15NO3S. The van der Waals surface area contributed by atoms with Crippen molar-refractivity contribution in [3.8, 4) is 0 Å². The largest absolute Gasteiger partial charge is 0.480 e. The highest BCUT2D eigenvalue weighted by Gasteiger charge is 2.18. The fraction of sp³-hybridized carbons (Fsp3) is 0.875. The third-order valence-corrected chi connectivity index (χ3v) is 3.34. The van der Waals surface area contributed by atoms with Crippen LogP contribution in [0.15, 0.2) is 0 Å². The minimum absolute atomic E-state index is 0.430. The van der Waals surface area contributed by atoms with Crippen LogP contribution in [0.3, 0.4) is 0 Å². The number of ether oxygens (including phenoxy) is 1. The molecule has 0 saturated carbocycles. The van der Waals surface area contributed by atoms with Gasteiger partial charge in [0.2, 0.25) is 0 Å². The van der Waals surface area contributed by atoms with Gasteiger partial charge >= 0.3 is 5.97 Å². The van der Waals surface area contributed by atoms with E-state index in [0.29, 0.717) is 11.0 Å². The van der Waals surface area contributed by atoms with Gasteiger partial charge in [0.25, 0.3) is 0 Å². The molecule has 0 spiro atoms. The molecule has 0 aromatic carbocycles. The maximum Gasteiger partial charge on any atom is 0.321 e. The van der Waals surface area contributed by atoms with Crippen molar-refractivity contribution in [3.63, 3.8) is 0 Å². The van der Waals surface area contributed by atoms with Crippen molar-refractivity contribution in [1.29, 1.82) is 0 Å². The lowest BCUT2D eigenvalue weighted by Gasteiger charge is -2.22. The number of nitrogens with two attached hydrogens (primary N) is 1. The lowest BCUT2D eigenvalue weighted by molar-refractivity contribution is -0.137. The first kappa shape index (κ1) is 10.8. The first-order chi connectivity index (χ1) is 6.20. The Kier molecular flexibility index (Phi) is 4.55. The summed E-state index contributed by atoms with van der Waals surface area (Å²) in [4.78, 5) is 10.4. The van der Waals surface area contributed by atoms with E-state index in [2.05, 4.69) is 0 Å². The Bertz CT molecular complexity index is 171. The summed E-state index contributed by atoms with van der Waals surface area (Å²) in [5, 5.41) is 8.97. The number of carbonyl (C=O) groups is 1. The zero-order valence-electron chi connectivity index (χ0n) is 7.44. The molecule has 0 aliphatic carbocycles. The molecule has 76 valence electrons. The Labute approximate surface area is 81.8 Å². The molecule has 2 atom stereocenters. The predicted octanol–water partition coefficient (Wildman–Crippen LogP) is 0.310. The predicted molar refractivity (Wildman–Crippen MR) is 51.9 cm³/mol. The third-order valence-electron chi connectivity index (χ3n) is 1.95. The summed E-state index contributed by atoms with van der Waals surface area (Å²) >= 11 is 1.60. The topological polar surface area (TPSA) is 72.5 Å². The number of rotatable bonds is 4. The van der Waals surface area contributed by atoms with Crippen LogP contribution in [0.1, 0.15) is 12.8 Å². The van der Waals surface area contributed by atoms with E-state index < -0.39 is 12.0 Å². The highest BCUT2D eigenvalue weighted by molar-refractivity contribution is 8.00. The van der Waals surface area contributed by atoms with Crippen molar-refractivity contribution in [2.75, 3.05) is 19.0 Å². The van der Waals surface area contributed by atoms with Crippen LogP contribution in [0.2, 0.25) is 0 Å². The second-order valence-corrected chi connectivity index (χ2v) is 4.45. The number of carboxylic acids is 1. The van der Waals surface area contributed by atoms with Gasteiger partial charge in [-0.2, -0.15) is 11.8 Å². The Morgan fingerprint density at radius 1 is 1.77 bits per heavy atom. The molecule has 0 radical (unpaired) electrons. The van der Waals surface area contributed by atoms with Crippen molar-refractivity contribution in [3.05, 3.63) is 0 Å². The summed E-state index contributed by atoms with van der Waals surface area (Å²) in [7, 11) is 0. The van der Waals surface area contributed by atoms with E-state index in [0.717, 1.165) is 26.1 Å². The monoisotopic (exact) mass is 205 g/mol. The summed E-state index contributed by atoms with van der Waals surface area (Å²) < 4.78 is 5.27. The van der Waals surface area contributed by atoms with Crippen molar-refractivity contribution < 1.29 is 14.6 Å². The van der Waals surface area contributed by atoms with E-state index in [9.17, 15) is 4.79 Å². The minimum Gasteiger partial charge on any atom is -0.480 e. The van der Waals surface area contributed by atoms with Gasteiger partial charge in [0, 0.05) is 17.6 Å². The molecule has 3 N–H and O–H groups in total. The Morgan fingerprint density at radius 2 is 2.54 bits per heavy atom. The maximum absolute atomic E-state index is 10.4. The molecule has 0 bridgehead atoms. The molecule has 1 fully saturated rings. The Morgan fingerprint density at radius 3 is 3.08 bits per heavy atom. The van der Waals surface area contributed by atoms with Crippen LogP contribution in [-0.4, -0.2) is 41.3 Å². The van der Waals surface area contributed by atoms with Crippen LogP contribution in [0.25, 0.3) is 0 Å². The second kappa shape index (κ2) is 5.47. The average molecular weight is 205 g/mol. The molecule has 2 unspecified atom stereocenters. The maximum atomic E-state index is 10.4. The van der Waals surface area contributed by atoms with Gasteiger partial charge in [-0.25, -0.2) is 0 Å². The highest BCUT2D eigenvalue weighted by Crippen LogP contribution is 2.20. The summed E-state index contributed by atoms with van der Waals surface area (Å²) in [6, 6.07) is -0.744. The van der Waals surface area contributed by atoms with Crippen molar-refractivity contribution >= 4 is 17.7 Å². The second-order valence-electron chi connectivity index (χ2n) is 3.12. The molecule has 1 aliphatic heterocycles. The first-order valence-electron chi connectivity index (χ1n) is 4.38. The zero-order chi connectivity index (χ0) is 9.68. The average Bonchev–Trinajstić information content (AvgIpc) is 2.15. The van der Waals surface area contributed by atoms with Crippen LogP contribution in [0, 0.1) is 0 Å². The summed E-state index contributed by atoms with van der Waals surface area (Å²) in [6.07, 6.45) is 2.18. The normalized spacial score (nSPS) is 25.5. The van der Waals surface area contributed by atoms with Gasteiger partial charge < -0.3 is 15.6 Å². The van der Waals surface area contributed by atoms with Gasteiger partial charge in [0.1, 0.15) is 6.04 Å². The quantitative estimate of drug-likeness (QED) is 0.691. The lowest BCUT2D eigenvalue weighted by atomic mass is 10.2. The summed E-state index contributed by atoms with van der Waals surface area (Å²) in [6.45, 7) is 1.57. The fourth-order valence-corrected chi connectivity index (χ4v) is 2.30. The van der Waals surface area contributed by atoms with E-state index in [-0.39, 0.29) is 0 Å². The van der Waals surface area contributed by atoms with E-state index in [1.54, 1.807) is 11.8 Å². The third kappa shape index (κ3) is 3.97. The number of hydrogen-bond acceptors (Lipinski definition) is 4. The molecule has 5 heteroatoms. The zero-order valence-corrected chi connectivity index (χ0v) is 8.26. The van der Waals surface area contributed by atoms with E-state index >= 15 is 0 Å². The van der Waals surface area contributed by atoms with Gasteiger partial charge in [-0.1, -0.05) is 0 Å². The molecule has 1 heterocycles. The summed E-state index contributed by atoms with van der Waals surface area (Å²) in [5.41, 5.74) is 5.37.